The molecular weight excluding hydrogens is 298 g/mol. The predicted molar refractivity (Wildman–Crippen MR) is 91.6 cm³/mol. The Hall–Kier alpha value is -1.17. The van der Waals surface area contributed by atoms with E-state index in [0.29, 0.717) is 6.04 Å². The van der Waals surface area contributed by atoms with E-state index in [0.717, 1.165) is 23.6 Å². The summed E-state index contributed by atoms with van der Waals surface area (Å²) in [5.41, 5.74) is 3.70. The zero-order valence-corrected chi connectivity index (χ0v) is 14.6. The molecule has 1 unspecified atom stereocenters. The van der Waals surface area contributed by atoms with Crippen molar-refractivity contribution >= 4 is 27.6 Å². The Kier molecular flexibility index (Phi) is 4.15. The molecule has 1 atom stereocenters. The number of thiophene rings is 1. The van der Waals surface area contributed by atoms with Crippen LogP contribution in [0.3, 0.4) is 0 Å². The van der Waals surface area contributed by atoms with Crippen LogP contribution < -0.4 is 5.32 Å². The molecular formula is C16H21N3S2. The summed E-state index contributed by atoms with van der Waals surface area (Å²) >= 11 is 3.61. The Morgan fingerprint density at radius 3 is 2.81 bits per heavy atom. The Labute approximate surface area is 133 Å². The number of rotatable bonds is 5. The molecule has 0 saturated carbocycles. The van der Waals surface area contributed by atoms with E-state index in [1.165, 1.54) is 21.1 Å². The topological polar surface area (TPSA) is 29.3 Å². The molecule has 1 N–H and O–H groups in total. The summed E-state index contributed by atoms with van der Waals surface area (Å²) in [7, 11) is 0. The molecule has 0 aromatic carbocycles. The van der Waals surface area contributed by atoms with Crippen LogP contribution in [0.1, 0.15) is 33.8 Å². The summed E-state index contributed by atoms with van der Waals surface area (Å²) in [5.74, 6) is 0. The van der Waals surface area contributed by atoms with Crippen LogP contribution in [0.5, 0.6) is 0 Å². The maximum absolute atomic E-state index is 4.64. The first-order valence-electron chi connectivity index (χ1n) is 7.25. The third kappa shape index (κ3) is 3.05. The van der Waals surface area contributed by atoms with Gasteiger partial charge in [0.05, 0.1) is 11.4 Å². The third-order valence-corrected chi connectivity index (χ3v) is 5.72. The molecule has 0 amide bonds. The average molecular weight is 319 g/mol. The van der Waals surface area contributed by atoms with E-state index in [1.54, 1.807) is 11.3 Å². The predicted octanol–water partition coefficient (Wildman–Crippen LogP) is 4.10. The van der Waals surface area contributed by atoms with Gasteiger partial charge in [0.2, 0.25) is 0 Å². The highest BCUT2D eigenvalue weighted by Gasteiger charge is 2.13. The lowest BCUT2D eigenvalue weighted by Crippen LogP contribution is -2.28. The fourth-order valence-electron chi connectivity index (χ4n) is 2.62. The van der Waals surface area contributed by atoms with Crippen LogP contribution >= 0.6 is 22.7 Å². The molecule has 112 valence electrons. The molecule has 21 heavy (non-hydrogen) atoms. The Balaban J connectivity index is 1.68. The van der Waals surface area contributed by atoms with Gasteiger partial charge < -0.3 is 5.32 Å². The number of fused-ring (bicyclic) bond motifs is 1. The number of aryl methyl sites for hydroxylation is 3. The van der Waals surface area contributed by atoms with Crippen LogP contribution in [0.2, 0.25) is 0 Å². The van der Waals surface area contributed by atoms with Crippen molar-refractivity contribution in [2.24, 2.45) is 0 Å². The second-order valence-electron chi connectivity index (χ2n) is 5.64. The Bertz CT molecular complexity index is 751. The second-order valence-corrected chi connectivity index (χ2v) is 7.85. The van der Waals surface area contributed by atoms with Gasteiger partial charge >= 0.3 is 0 Å². The smallest absolute Gasteiger partial charge is 0.194 e. The normalized spacial score (nSPS) is 13.1. The van der Waals surface area contributed by atoms with Gasteiger partial charge in [-0.2, -0.15) is 0 Å². The van der Waals surface area contributed by atoms with Gasteiger partial charge in [0, 0.05) is 33.4 Å². The van der Waals surface area contributed by atoms with Gasteiger partial charge in [0.1, 0.15) is 0 Å². The highest BCUT2D eigenvalue weighted by atomic mass is 32.1. The summed E-state index contributed by atoms with van der Waals surface area (Å²) in [6.45, 7) is 9.53. The van der Waals surface area contributed by atoms with Crippen LogP contribution in [0.15, 0.2) is 17.5 Å². The standard InChI is InChI=1S/C16H21N3S2/c1-10(7-14-6-5-12(3)21-14)17-8-15-13(4)18-16-19(15)11(2)9-20-16/h5-6,9-10,17H,7-8H2,1-4H3. The molecule has 3 rings (SSSR count). The molecule has 0 radical (unpaired) electrons. The van der Waals surface area contributed by atoms with Crippen molar-refractivity contribution in [1.82, 2.24) is 14.7 Å². The van der Waals surface area contributed by atoms with Crippen LogP contribution in [0, 0.1) is 20.8 Å². The SMILES string of the molecule is Cc1ccc(CC(C)NCc2c(C)nc3scc(C)n23)s1. The number of thiazole rings is 1. The van der Waals surface area contributed by atoms with Gasteiger partial charge in [-0.25, -0.2) is 4.98 Å². The van der Waals surface area contributed by atoms with Crippen molar-refractivity contribution < 1.29 is 0 Å². The first-order valence-corrected chi connectivity index (χ1v) is 8.95. The van der Waals surface area contributed by atoms with E-state index in [2.05, 4.69) is 59.9 Å². The second kappa shape index (κ2) is 5.91. The van der Waals surface area contributed by atoms with Crippen LogP contribution in [0.4, 0.5) is 0 Å². The fourth-order valence-corrected chi connectivity index (χ4v) is 4.57. The third-order valence-electron chi connectivity index (χ3n) is 3.75. The summed E-state index contributed by atoms with van der Waals surface area (Å²) < 4.78 is 2.27. The molecule has 3 heterocycles. The Morgan fingerprint density at radius 1 is 1.29 bits per heavy atom. The number of hydrogen-bond acceptors (Lipinski definition) is 4. The lowest BCUT2D eigenvalue weighted by atomic mass is 10.2. The van der Waals surface area contributed by atoms with Gasteiger partial charge in [-0.05, 0) is 46.2 Å². The maximum atomic E-state index is 4.64. The number of hydrogen-bond donors (Lipinski definition) is 1. The van der Waals surface area contributed by atoms with Gasteiger partial charge in [-0.3, -0.25) is 4.40 Å². The zero-order valence-electron chi connectivity index (χ0n) is 12.9. The minimum atomic E-state index is 0.465. The van der Waals surface area contributed by atoms with Crippen LogP contribution in [-0.2, 0) is 13.0 Å². The summed E-state index contributed by atoms with van der Waals surface area (Å²) in [4.78, 5) is 8.58. The molecule has 0 aliphatic heterocycles. The monoisotopic (exact) mass is 319 g/mol. The Morgan fingerprint density at radius 2 is 2.10 bits per heavy atom. The van der Waals surface area contributed by atoms with Crippen LogP contribution in [-0.4, -0.2) is 15.4 Å². The fraction of sp³-hybridized carbons (Fsp3) is 0.438. The molecule has 3 aromatic rings. The first kappa shape index (κ1) is 14.8. The summed E-state index contributed by atoms with van der Waals surface area (Å²) in [5, 5.41) is 5.81. The highest BCUT2D eigenvalue weighted by molar-refractivity contribution is 7.15. The molecule has 0 saturated heterocycles. The van der Waals surface area contributed by atoms with Crippen molar-refractivity contribution in [2.75, 3.05) is 0 Å². The molecule has 3 aromatic heterocycles. The highest BCUT2D eigenvalue weighted by Crippen LogP contribution is 2.21. The minimum Gasteiger partial charge on any atom is -0.308 e. The quantitative estimate of drug-likeness (QED) is 0.767. The van der Waals surface area contributed by atoms with E-state index in [-0.39, 0.29) is 0 Å². The van der Waals surface area contributed by atoms with Gasteiger partial charge in [-0.15, -0.1) is 22.7 Å². The number of aromatic nitrogens is 2. The van der Waals surface area contributed by atoms with Gasteiger partial charge in [0.15, 0.2) is 4.96 Å². The van der Waals surface area contributed by atoms with Crippen molar-refractivity contribution in [3.8, 4) is 0 Å². The van der Waals surface area contributed by atoms with Crippen molar-refractivity contribution in [1.29, 1.82) is 0 Å². The average Bonchev–Trinajstić information content (AvgIpc) is 3.07. The van der Waals surface area contributed by atoms with E-state index < -0.39 is 0 Å². The lowest BCUT2D eigenvalue weighted by molar-refractivity contribution is 0.540. The number of nitrogens with zero attached hydrogens (tertiary/aromatic N) is 2. The largest absolute Gasteiger partial charge is 0.308 e. The van der Waals surface area contributed by atoms with E-state index in [1.807, 2.05) is 11.3 Å². The van der Waals surface area contributed by atoms with E-state index in [4.69, 9.17) is 0 Å². The van der Waals surface area contributed by atoms with Crippen molar-refractivity contribution in [3.05, 3.63) is 44.3 Å². The summed E-state index contributed by atoms with van der Waals surface area (Å²) in [6.07, 6.45) is 1.09. The van der Waals surface area contributed by atoms with Crippen molar-refractivity contribution in [2.45, 2.75) is 46.7 Å². The molecule has 5 heteroatoms. The first-order chi connectivity index (χ1) is 10.0. The van der Waals surface area contributed by atoms with Gasteiger partial charge in [-0.1, -0.05) is 0 Å². The molecule has 3 nitrogen and oxygen atoms in total. The number of nitrogens with one attached hydrogen (secondary N) is 1. The summed E-state index contributed by atoms with van der Waals surface area (Å²) in [6, 6.07) is 4.90. The minimum absolute atomic E-state index is 0.465. The number of imidazole rings is 1. The molecule has 0 fully saturated rings. The van der Waals surface area contributed by atoms with Gasteiger partial charge in [0.25, 0.3) is 0 Å². The van der Waals surface area contributed by atoms with Crippen LogP contribution in [0.25, 0.3) is 4.96 Å². The van der Waals surface area contributed by atoms with Crippen molar-refractivity contribution in [3.63, 3.8) is 0 Å². The van der Waals surface area contributed by atoms with E-state index in [9.17, 15) is 0 Å². The zero-order chi connectivity index (χ0) is 15.0. The maximum Gasteiger partial charge on any atom is 0.194 e. The molecule has 0 aliphatic rings. The van der Waals surface area contributed by atoms with E-state index >= 15 is 0 Å². The molecule has 0 aliphatic carbocycles. The lowest BCUT2D eigenvalue weighted by Gasteiger charge is -2.13. The molecule has 0 spiro atoms. The molecule has 0 bridgehead atoms.